The molecule has 0 aliphatic rings. The average molecular weight is 369 g/mol. The standard InChI is InChI=1S/C13H7Br2NS/c14-10-2-5-11(6-3-10)17-12-4-1-9(8-16)13(15)7-12/h1-7H. The minimum atomic E-state index is 0.658. The first-order valence-corrected chi connectivity index (χ1v) is 7.22. The van der Waals surface area contributed by atoms with Gasteiger partial charge in [0.15, 0.2) is 0 Å². The normalized spacial score (nSPS) is 9.94. The molecule has 4 heteroatoms. The molecule has 0 amide bonds. The maximum absolute atomic E-state index is 8.84. The van der Waals surface area contributed by atoms with Gasteiger partial charge >= 0.3 is 0 Å². The molecule has 0 saturated carbocycles. The Morgan fingerprint density at radius 3 is 2.18 bits per heavy atom. The third-order valence-electron chi connectivity index (χ3n) is 2.11. The van der Waals surface area contributed by atoms with Gasteiger partial charge in [0.25, 0.3) is 0 Å². The molecule has 17 heavy (non-hydrogen) atoms. The van der Waals surface area contributed by atoms with Crippen molar-refractivity contribution in [2.75, 3.05) is 0 Å². The Morgan fingerprint density at radius 1 is 0.941 bits per heavy atom. The average Bonchev–Trinajstić information content (AvgIpc) is 2.32. The fourth-order valence-electron chi connectivity index (χ4n) is 1.29. The summed E-state index contributed by atoms with van der Waals surface area (Å²) >= 11 is 8.47. The van der Waals surface area contributed by atoms with E-state index in [2.05, 4.69) is 50.1 Å². The highest BCUT2D eigenvalue weighted by Crippen LogP contribution is 2.31. The van der Waals surface area contributed by atoms with Gasteiger partial charge in [0.2, 0.25) is 0 Å². The predicted molar refractivity (Wildman–Crippen MR) is 77.1 cm³/mol. The van der Waals surface area contributed by atoms with Crippen molar-refractivity contribution < 1.29 is 0 Å². The van der Waals surface area contributed by atoms with Crippen molar-refractivity contribution >= 4 is 43.6 Å². The van der Waals surface area contributed by atoms with Gasteiger partial charge in [-0.25, -0.2) is 0 Å². The molecule has 0 spiro atoms. The van der Waals surface area contributed by atoms with Crippen molar-refractivity contribution in [2.45, 2.75) is 9.79 Å². The van der Waals surface area contributed by atoms with E-state index in [1.54, 1.807) is 11.8 Å². The number of benzene rings is 2. The molecule has 0 aliphatic carbocycles. The molecule has 0 fully saturated rings. The van der Waals surface area contributed by atoms with Crippen molar-refractivity contribution in [1.29, 1.82) is 5.26 Å². The van der Waals surface area contributed by atoms with E-state index in [-0.39, 0.29) is 0 Å². The van der Waals surface area contributed by atoms with Crippen LogP contribution in [0, 0.1) is 11.3 Å². The summed E-state index contributed by atoms with van der Waals surface area (Å²) in [5, 5.41) is 8.84. The maximum Gasteiger partial charge on any atom is 0.100 e. The minimum Gasteiger partial charge on any atom is -0.192 e. The Morgan fingerprint density at radius 2 is 1.59 bits per heavy atom. The van der Waals surface area contributed by atoms with Crippen LogP contribution in [-0.4, -0.2) is 0 Å². The van der Waals surface area contributed by atoms with Crippen LogP contribution < -0.4 is 0 Å². The molecule has 2 rings (SSSR count). The molecule has 1 nitrogen and oxygen atoms in total. The van der Waals surface area contributed by atoms with Crippen molar-refractivity contribution in [3.05, 3.63) is 57.0 Å². The van der Waals surface area contributed by atoms with Crippen LogP contribution in [0.5, 0.6) is 0 Å². The summed E-state index contributed by atoms with van der Waals surface area (Å²) in [4.78, 5) is 2.28. The molecule has 2 aromatic carbocycles. The van der Waals surface area contributed by atoms with E-state index >= 15 is 0 Å². The Kier molecular flexibility index (Phi) is 4.27. The lowest BCUT2D eigenvalue weighted by atomic mass is 10.2. The Bertz CT molecular complexity index is 573. The number of nitriles is 1. The van der Waals surface area contributed by atoms with E-state index in [1.165, 1.54) is 4.90 Å². The van der Waals surface area contributed by atoms with Crippen LogP contribution in [0.4, 0.5) is 0 Å². The lowest BCUT2D eigenvalue weighted by Crippen LogP contribution is -1.79. The molecule has 0 heterocycles. The number of hydrogen-bond donors (Lipinski definition) is 0. The van der Waals surface area contributed by atoms with Gasteiger partial charge in [0, 0.05) is 18.7 Å². The monoisotopic (exact) mass is 367 g/mol. The summed E-state index contributed by atoms with van der Waals surface area (Å²) in [5.74, 6) is 0. The first-order chi connectivity index (χ1) is 8.19. The lowest BCUT2D eigenvalue weighted by Gasteiger charge is -2.03. The highest BCUT2D eigenvalue weighted by atomic mass is 79.9. The largest absolute Gasteiger partial charge is 0.192 e. The van der Waals surface area contributed by atoms with E-state index in [1.807, 2.05) is 30.3 Å². The van der Waals surface area contributed by atoms with Gasteiger partial charge in [-0.15, -0.1) is 0 Å². The highest BCUT2D eigenvalue weighted by molar-refractivity contribution is 9.10. The van der Waals surface area contributed by atoms with Crippen molar-refractivity contribution in [3.63, 3.8) is 0 Å². The van der Waals surface area contributed by atoms with Crippen LogP contribution in [0.3, 0.4) is 0 Å². The summed E-state index contributed by atoms with van der Waals surface area (Å²) in [6, 6.07) is 16.0. The summed E-state index contributed by atoms with van der Waals surface area (Å²) in [6.45, 7) is 0. The molecule has 0 atom stereocenters. The molecule has 0 unspecified atom stereocenters. The summed E-state index contributed by atoms with van der Waals surface area (Å²) in [6.07, 6.45) is 0. The molecule has 0 radical (unpaired) electrons. The number of hydrogen-bond acceptors (Lipinski definition) is 2. The van der Waals surface area contributed by atoms with Gasteiger partial charge < -0.3 is 0 Å². The first-order valence-electron chi connectivity index (χ1n) is 4.82. The molecule has 0 aliphatic heterocycles. The zero-order valence-electron chi connectivity index (χ0n) is 8.65. The minimum absolute atomic E-state index is 0.658. The molecule has 0 bridgehead atoms. The van der Waals surface area contributed by atoms with E-state index in [9.17, 15) is 0 Å². The van der Waals surface area contributed by atoms with Crippen LogP contribution in [0.2, 0.25) is 0 Å². The van der Waals surface area contributed by atoms with Crippen molar-refractivity contribution in [3.8, 4) is 6.07 Å². The molecular formula is C13H7Br2NS. The van der Waals surface area contributed by atoms with Crippen LogP contribution in [0.15, 0.2) is 61.2 Å². The molecule has 0 N–H and O–H groups in total. The van der Waals surface area contributed by atoms with E-state index in [0.29, 0.717) is 5.56 Å². The Labute approximate surface area is 121 Å². The summed E-state index contributed by atoms with van der Waals surface area (Å²) in [5.41, 5.74) is 0.658. The molecular weight excluding hydrogens is 362 g/mol. The number of rotatable bonds is 2. The third kappa shape index (κ3) is 3.35. The molecule has 0 aromatic heterocycles. The van der Waals surface area contributed by atoms with E-state index in [0.717, 1.165) is 13.8 Å². The number of halogens is 2. The predicted octanol–water partition coefficient (Wildman–Crippen LogP) is 5.23. The van der Waals surface area contributed by atoms with Crippen LogP contribution in [0.25, 0.3) is 0 Å². The van der Waals surface area contributed by atoms with Crippen molar-refractivity contribution in [2.24, 2.45) is 0 Å². The number of nitrogens with zero attached hydrogens (tertiary/aromatic N) is 1. The Balaban J connectivity index is 2.22. The fourth-order valence-corrected chi connectivity index (χ4v) is 3.03. The second kappa shape index (κ2) is 5.72. The summed E-state index contributed by atoms with van der Waals surface area (Å²) in [7, 11) is 0. The summed E-state index contributed by atoms with van der Waals surface area (Å²) < 4.78 is 1.91. The van der Waals surface area contributed by atoms with Gasteiger partial charge in [-0.1, -0.05) is 27.7 Å². The fraction of sp³-hybridized carbons (Fsp3) is 0. The maximum atomic E-state index is 8.84. The smallest absolute Gasteiger partial charge is 0.100 e. The molecule has 84 valence electrons. The Hall–Kier alpha value is -0.760. The third-order valence-corrected chi connectivity index (χ3v) is 4.29. The van der Waals surface area contributed by atoms with Crippen LogP contribution in [0.1, 0.15) is 5.56 Å². The van der Waals surface area contributed by atoms with Gasteiger partial charge in [0.1, 0.15) is 6.07 Å². The van der Waals surface area contributed by atoms with E-state index in [4.69, 9.17) is 5.26 Å². The van der Waals surface area contributed by atoms with Crippen molar-refractivity contribution in [1.82, 2.24) is 0 Å². The second-order valence-corrected chi connectivity index (χ2v) is 6.23. The van der Waals surface area contributed by atoms with E-state index < -0.39 is 0 Å². The SMILES string of the molecule is N#Cc1ccc(Sc2ccc(Br)cc2)cc1Br. The second-order valence-electron chi connectivity index (χ2n) is 3.31. The van der Waals surface area contributed by atoms with Crippen LogP contribution in [-0.2, 0) is 0 Å². The molecule has 0 saturated heterocycles. The zero-order valence-corrected chi connectivity index (χ0v) is 12.6. The zero-order chi connectivity index (χ0) is 12.3. The first kappa shape index (κ1) is 12.7. The quantitative estimate of drug-likeness (QED) is 0.724. The topological polar surface area (TPSA) is 23.8 Å². The van der Waals surface area contributed by atoms with Gasteiger partial charge in [-0.3, -0.25) is 0 Å². The van der Waals surface area contributed by atoms with Gasteiger partial charge in [-0.2, -0.15) is 5.26 Å². The van der Waals surface area contributed by atoms with Gasteiger partial charge in [0.05, 0.1) is 5.56 Å². The van der Waals surface area contributed by atoms with Crippen LogP contribution >= 0.6 is 43.6 Å². The molecule has 2 aromatic rings. The lowest BCUT2D eigenvalue weighted by molar-refractivity contribution is 1.36. The van der Waals surface area contributed by atoms with Gasteiger partial charge in [-0.05, 0) is 58.4 Å². The highest BCUT2D eigenvalue weighted by Gasteiger charge is 2.02.